The summed E-state index contributed by atoms with van der Waals surface area (Å²) in [6.45, 7) is 1.73. The third-order valence-electron chi connectivity index (χ3n) is 2.58. The van der Waals surface area contributed by atoms with Crippen LogP contribution in [-0.4, -0.2) is 47.9 Å². The lowest BCUT2D eigenvalue weighted by Crippen LogP contribution is -2.49. The van der Waals surface area contributed by atoms with Crippen molar-refractivity contribution in [1.82, 2.24) is 5.32 Å². The van der Waals surface area contributed by atoms with E-state index in [0.717, 1.165) is 24.3 Å². The second-order valence-corrected chi connectivity index (χ2v) is 5.26. The van der Waals surface area contributed by atoms with Gasteiger partial charge in [-0.2, -0.15) is 11.8 Å². The van der Waals surface area contributed by atoms with E-state index >= 15 is 0 Å². The van der Waals surface area contributed by atoms with Crippen molar-refractivity contribution in [1.29, 1.82) is 0 Å². The Bertz CT molecular complexity index is 215. The number of ether oxygens (including phenoxy) is 1. The van der Waals surface area contributed by atoms with Gasteiger partial charge in [0.1, 0.15) is 0 Å². The number of nitrogens with one attached hydrogen (secondary N) is 1. The molecular formula is C10H19NO3S. The topological polar surface area (TPSA) is 58.6 Å². The van der Waals surface area contributed by atoms with Gasteiger partial charge in [0, 0.05) is 12.6 Å². The molecule has 5 heteroatoms. The van der Waals surface area contributed by atoms with E-state index in [1.165, 1.54) is 14.0 Å². The molecule has 1 unspecified atom stereocenters. The van der Waals surface area contributed by atoms with Gasteiger partial charge in [-0.3, -0.25) is 0 Å². The lowest BCUT2D eigenvalue weighted by Gasteiger charge is -2.27. The van der Waals surface area contributed by atoms with Crippen LogP contribution >= 0.6 is 11.8 Å². The van der Waals surface area contributed by atoms with E-state index in [9.17, 15) is 9.90 Å². The number of carbonyl (C=O) groups excluding carboxylic acids is 1. The molecule has 0 aromatic carbocycles. The molecule has 2 N–H and O–H groups in total. The first kappa shape index (κ1) is 12.8. The molecule has 15 heavy (non-hydrogen) atoms. The number of hydrogen-bond donors (Lipinski definition) is 2. The van der Waals surface area contributed by atoms with Crippen molar-refractivity contribution in [2.75, 3.05) is 25.2 Å². The van der Waals surface area contributed by atoms with Gasteiger partial charge >= 0.3 is 5.97 Å². The molecule has 0 amide bonds. The first-order chi connectivity index (χ1) is 7.06. The first-order valence-electron chi connectivity index (χ1n) is 5.18. The van der Waals surface area contributed by atoms with Crippen molar-refractivity contribution in [3.05, 3.63) is 0 Å². The smallest absolute Gasteiger partial charge is 0.338 e. The van der Waals surface area contributed by atoms with Gasteiger partial charge in [0.15, 0.2) is 5.60 Å². The van der Waals surface area contributed by atoms with Crippen molar-refractivity contribution in [3.63, 3.8) is 0 Å². The maximum absolute atomic E-state index is 11.2. The molecule has 1 heterocycles. The Morgan fingerprint density at radius 3 is 2.73 bits per heavy atom. The van der Waals surface area contributed by atoms with Crippen molar-refractivity contribution < 1.29 is 14.6 Å². The molecule has 1 atom stereocenters. The summed E-state index contributed by atoms with van der Waals surface area (Å²) in [6, 6.07) is 0.419. The summed E-state index contributed by atoms with van der Waals surface area (Å²) in [5.41, 5.74) is -1.42. The molecule has 0 radical (unpaired) electrons. The Balaban J connectivity index is 2.31. The Morgan fingerprint density at radius 2 is 2.20 bits per heavy atom. The highest BCUT2D eigenvalue weighted by molar-refractivity contribution is 7.99. The van der Waals surface area contributed by atoms with Crippen LogP contribution in [0.5, 0.6) is 0 Å². The van der Waals surface area contributed by atoms with E-state index < -0.39 is 11.6 Å². The fraction of sp³-hybridized carbons (Fsp3) is 0.900. The summed E-state index contributed by atoms with van der Waals surface area (Å²) in [6.07, 6.45) is 2.20. The quantitative estimate of drug-likeness (QED) is 0.688. The second kappa shape index (κ2) is 5.72. The number of hydrogen-bond acceptors (Lipinski definition) is 5. The third-order valence-corrected chi connectivity index (χ3v) is 3.63. The van der Waals surface area contributed by atoms with Crippen molar-refractivity contribution in [3.8, 4) is 0 Å². The molecule has 0 aromatic heterocycles. The van der Waals surface area contributed by atoms with Crippen LogP contribution in [0.1, 0.15) is 19.8 Å². The van der Waals surface area contributed by atoms with Crippen LogP contribution in [0.4, 0.5) is 0 Å². The average molecular weight is 233 g/mol. The number of carbonyl (C=O) groups is 1. The van der Waals surface area contributed by atoms with E-state index in [0.29, 0.717) is 6.04 Å². The minimum Gasteiger partial charge on any atom is -0.467 e. The molecule has 0 aromatic rings. The number of rotatable bonds is 4. The van der Waals surface area contributed by atoms with Crippen LogP contribution in [0, 0.1) is 0 Å². The molecule has 4 nitrogen and oxygen atoms in total. The molecule has 1 rings (SSSR count). The Kier molecular flexibility index (Phi) is 4.89. The average Bonchev–Trinajstić information content (AvgIpc) is 2.27. The normalized spacial score (nSPS) is 22.1. The summed E-state index contributed by atoms with van der Waals surface area (Å²) in [5, 5.41) is 13.0. The van der Waals surface area contributed by atoms with Crippen LogP contribution in [0.2, 0.25) is 0 Å². The van der Waals surface area contributed by atoms with E-state index in [-0.39, 0.29) is 6.54 Å². The van der Waals surface area contributed by atoms with Crippen LogP contribution < -0.4 is 5.32 Å². The molecule has 1 fully saturated rings. The molecule has 0 bridgehead atoms. The fourth-order valence-corrected chi connectivity index (χ4v) is 2.64. The number of thioether (sulfide) groups is 1. The van der Waals surface area contributed by atoms with Gasteiger partial charge in [-0.05, 0) is 31.3 Å². The number of aliphatic hydroxyl groups is 1. The standard InChI is InChI=1S/C10H19NO3S/c1-10(13,9(12)14-2)7-11-8-3-5-15-6-4-8/h8,11,13H,3-7H2,1-2H3. The van der Waals surface area contributed by atoms with Crippen LogP contribution in [0.15, 0.2) is 0 Å². The summed E-state index contributed by atoms with van der Waals surface area (Å²) >= 11 is 1.95. The molecular weight excluding hydrogens is 214 g/mol. The SMILES string of the molecule is COC(=O)C(C)(O)CNC1CCSCC1. The van der Waals surface area contributed by atoms with E-state index in [2.05, 4.69) is 10.1 Å². The largest absolute Gasteiger partial charge is 0.467 e. The van der Waals surface area contributed by atoms with Crippen molar-refractivity contribution >= 4 is 17.7 Å². The molecule has 0 saturated carbocycles. The van der Waals surface area contributed by atoms with Gasteiger partial charge in [0.2, 0.25) is 0 Å². The van der Waals surface area contributed by atoms with E-state index in [1.807, 2.05) is 11.8 Å². The molecule has 1 aliphatic rings. The number of esters is 1. The van der Waals surface area contributed by atoms with Crippen molar-refractivity contribution in [2.24, 2.45) is 0 Å². The summed E-state index contributed by atoms with van der Waals surface area (Å²) < 4.78 is 4.52. The molecule has 1 aliphatic heterocycles. The zero-order valence-electron chi connectivity index (χ0n) is 9.28. The second-order valence-electron chi connectivity index (χ2n) is 4.03. The summed E-state index contributed by atoms with van der Waals surface area (Å²) in [5.74, 6) is 1.72. The van der Waals surface area contributed by atoms with Gasteiger partial charge in [-0.15, -0.1) is 0 Å². The Hall–Kier alpha value is -0.260. The minimum absolute atomic E-state index is 0.259. The highest BCUT2D eigenvalue weighted by Gasteiger charge is 2.31. The van der Waals surface area contributed by atoms with Crippen LogP contribution in [-0.2, 0) is 9.53 Å². The van der Waals surface area contributed by atoms with Crippen LogP contribution in [0.25, 0.3) is 0 Å². The van der Waals surface area contributed by atoms with Crippen molar-refractivity contribution in [2.45, 2.75) is 31.4 Å². The first-order valence-corrected chi connectivity index (χ1v) is 6.33. The molecule has 0 spiro atoms. The van der Waals surface area contributed by atoms with E-state index in [1.54, 1.807) is 0 Å². The lowest BCUT2D eigenvalue weighted by molar-refractivity contribution is -0.160. The minimum atomic E-state index is -1.42. The van der Waals surface area contributed by atoms with Gasteiger partial charge in [0.05, 0.1) is 7.11 Å². The molecule has 1 saturated heterocycles. The van der Waals surface area contributed by atoms with E-state index in [4.69, 9.17) is 0 Å². The lowest BCUT2D eigenvalue weighted by atomic mass is 10.1. The van der Waals surface area contributed by atoms with Crippen LogP contribution in [0.3, 0.4) is 0 Å². The third kappa shape index (κ3) is 4.01. The zero-order valence-corrected chi connectivity index (χ0v) is 10.1. The van der Waals surface area contributed by atoms with Gasteiger partial charge < -0.3 is 15.2 Å². The monoisotopic (exact) mass is 233 g/mol. The molecule has 0 aliphatic carbocycles. The predicted molar refractivity (Wildman–Crippen MR) is 61.0 cm³/mol. The Morgan fingerprint density at radius 1 is 1.60 bits per heavy atom. The maximum Gasteiger partial charge on any atom is 0.338 e. The number of methoxy groups -OCH3 is 1. The summed E-state index contributed by atoms with van der Waals surface area (Å²) in [4.78, 5) is 11.2. The highest BCUT2D eigenvalue weighted by atomic mass is 32.2. The molecule has 88 valence electrons. The van der Waals surface area contributed by atoms with Gasteiger partial charge in [-0.25, -0.2) is 4.79 Å². The Labute approximate surface area is 94.8 Å². The zero-order chi connectivity index (χ0) is 11.3. The highest BCUT2D eigenvalue weighted by Crippen LogP contribution is 2.17. The fourth-order valence-electron chi connectivity index (χ4n) is 1.54. The summed E-state index contributed by atoms with van der Waals surface area (Å²) in [7, 11) is 1.29. The van der Waals surface area contributed by atoms with Gasteiger partial charge in [0.25, 0.3) is 0 Å². The van der Waals surface area contributed by atoms with Gasteiger partial charge in [-0.1, -0.05) is 0 Å². The maximum atomic E-state index is 11.2. The predicted octanol–water partition coefficient (Wildman–Crippen LogP) is 0.396.